The summed E-state index contributed by atoms with van der Waals surface area (Å²) in [5.41, 5.74) is 0.117. The maximum absolute atomic E-state index is 12.9. The Morgan fingerprint density at radius 1 is 1.28 bits per heavy atom. The third-order valence-corrected chi connectivity index (χ3v) is 4.02. The van der Waals surface area contributed by atoms with Crippen LogP contribution in [-0.2, 0) is 9.59 Å². The van der Waals surface area contributed by atoms with Crippen molar-refractivity contribution in [2.75, 3.05) is 11.9 Å². The zero-order valence-corrected chi connectivity index (χ0v) is 15.5. The highest BCUT2D eigenvalue weighted by atomic mass is 35.5. The van der Waals surface area contributed by atoms with Crippen molar-refractivity contribution in [2.24, 2.45) is 0 Å². The molecule has 0 bridgehead atoms. The summed E-state index contributed by atoms with van der Waals surface area (Å²) in [4.78, 5) is 26.6. The second-order valence-corrected chi connectivity index (χ2v) is 7.18. The fourth-order valence-electron chi connectivity index (χ4n) is 2.30. The van der Waals surface area contributed by atoms with Crippen LogP contribution in [-0.4, -0.2) is 34.0 Å². The number of alkyl halides is 1. The molecular weight excluding hydrogens is 342 g/mol. The van der Waals surface area contributed by atoms with E-state index in [0.717, 1.165) is 0 Å². The molecular formula is C18H22ClN3O3. The van der Waals surface area contributed by atoms with Crippen LogP contribution in [0.1, 0.15) is 37.5 Å². The van der Waals surface area contributed by atoms with Crippen LogP contribution in [0.2, 0.25) is 0 Å². The Bertz CT molecular complexity index is 738. The lowest BCUT2D eigenvalue weighted by molar-refractivity contribution is -0.139. The van der Waals surface area contributed by atoms with Crippen LogP contribution in [0.4, 0.5) is 5.82 Å². The molecule has 25 heavy (non-hydrogen) atoms. The van der Waals surface area contributed by atoms with Crippen LogP contribution >= 0.6 is 11.6 Å². The summed E-state index contributed by atoms with van der Waals surface area (Å²) in [6.45, 7) is 7.16. The minimum absolute atomic E-state index is 0.135. The molecule has 1 aromatic carbocycles. The van der Waals surface area contributed by atoms with Gasteiger partial charge in [-0.3, -0.25) is 9.59 Å². The number of hydrogen-bond acceptors (Lipinski definition) is 4. The Balaban J connectivity index is 2.13. The first-order valence-corrected chi connectivity index (χ1v) is 8.36. The first kappa shape index (κ1) is 19.0. The Hall–Kier alpha value is -2.34. The number of aryl methyl sites for hydroxylation is 1. The lowest BCUT2D eigenvalue weighted by Gasteiger charge is -2.36. The molecule has 0 aliphatic carbocycles. The monoisotopic (exact) mass is 363 g/mol. The molecule has 1 N–H and O–H groups in total. The van der Waals surface area contributed by atoms with E-state index in [2.05, 4.69) is 10.5 Å². The SMILES string of the molecule is Cc1cc(NC(=O)CN(C(=O)C(Cl)c2ccccc2)C(C)(C)C)no1. The molecule has 2 aromatic rings. The minimum atomic E-state index is -0.859. The van der Waals surface area contributed by atoms with Crippen molar-refractivity contribution in [2.45, 2.75) is 38.6 Å². The number of carbonyl (C=O) groups excluding carboxylic acids is 2. The standard InChI is InChI=1S/C18H22ClN3O3/c1-12-10-14(21-25-12)20-15(23)11-22(18(2,3)4)17(24)16(19)13-8-6-5-7-9-13/h5-10,16H,11H2,1-4H3,(H,20,21,23). The van der Waals surface area contributed by atoms with Gasteiger partial charge in [0.15, 0.2) is 5.82 Å². The Labute approximate surface area is 152 Å². The lowest BCUT2D eigenvalue weighted by atomic mass is 10.0. The third kappa shape index (κ3) is 5.06. The fraction of sp³-hybridized carbons (Fsp3) is 0.389. The van der Waals surface area contributed by atoms with Crippen molar-refractivity contribution in [1.82, 2.24) is 10.1 Å². The van der Waals surface area contributed by atoms with Crippen LogP contribution in [0.3, 0.4) is 0 Å². The van der Waals surface area contributed by atoms with Crippen molar-refractivity contribution in [3.05, 3.63) is 47.7 Å². The zero-order valence-electron chi connectivity index (χ0n) is 14.7. The van der Waals surface area contributed by atoms with E-state index in [-0.39, 0.29) is 18.4 Å². The first-order valence-electron chi connectivity index (χ1n) is 7.92. The highest BCUT2D eigenvalue weighted by molar-refractivity contribution is 6.31. The number of rotatable bonds is 5. The first-order chi connectivity index (χ1) is 11.7. The average molecular weight is 364 g/mol. The van der Waals surface area contributed by atoms with Gasteiger partial charge in [0.25, 0.3) is 0 Å². The topological polar surface area (TPSA) is 75.4 Å². The molecule has 2 amide bonds. The summed E-state index contributed by atoms with van der Waals surface area (Å²) in [6, 6.07) is 10.7. The van der Waals surface area contributed by atoms with E-state index >= 15 is 0 Å². The van der Waals surface area contributed by atoms with Gasteiger partial charge in [-0.25, -0.2) is 0 Å². The van der Waals surface area contributed by atoms with Gasteiger partial charge in [0, 0.05) is 11.6 Å². The van der Waals surface area contributed by atoms with Gasteiger partial charge in [-0.05, 0) is 33.3 Å². The third-order valence-electron chi connectivity index (χ3n) is 3.58. The number of nitrogens with zero attached hydrogens (tertiary/aromatic N) is 2. The van der Waals surface area contributed by atoms with Crippen LogP contribution in [0, 0.1) is 6.92 Å². The van der Waals surface area contributed by atoms with Crippen molar-refractivity contribution in [3.63, 3.8) is 0 Å². The molecule has 0 aliphatic heterocycles. The largest absolute Gasteiger partial charge is 0.360 e. The van der Waals surface area contributed by atoms with Crippen LogP contribution in [0.5, 0.6) is 0 Å². The quantitative estimate of drug-likeness (QED) is 0.824. The Morgan fingerprint density at radius 2 is 1.92 bits per heavy atom. The van der Waals surface area contributed by atoms with Crippen molar-refractivity contribution in [3.8, 4) is 0 Å². The number of carbonyl (C=O) groups is 2. The smallest absolute Gasteiger partial charge is 0.246 e. The van der Waals surface area contributed by atoms with Gasteiger partial charge in [-0.15, -0.1) is 11.6 Å². The molecule has 0 fully saturated rings. The maximum atomic E-state index is 12.9. The number of amides is 2. The normalized spacial score (nSPS) is 12.5. The van der Waals surface area contributed by atoms with E-state index in [9.17, 15) is 9.59 Å². The summed E-state index contributed by atoms with van der Waals surface area (Å²) < 4.78 is 4.91. The van der Waals surface area contributed by atoms with Crippen molar-refractivity contribution >= 4 is 29.2 Å². The number of aromatic nitrogens is 1. The van der Waals surface area contributed by atoms with Gasteiger partial charge in [0.1, 0.15) is 17.7 Å². The molecule has 1 heterocycles. The van der Waals surface area contributed by atoms with Crippen molar-refractivity contribution < 1.29 is 14.1 Å². The molecule has 0 spiro atoms. The summed E-state index contributed by atoms with van der Waals surface area (Å²) in [5, 5.41) is 5.48. The second kappa shape index (κ2) is 7.70. The number of anilines is 1. The summed E-state index contributed by atoms with van der Waals surface area (Å²) >= 11 is 6.35. The molecule has 7 heteroatoms. The number of nitrogens with one attached hydrogen (secondary N) is 1. The lowest BCUT2D eigenvalue weighted by Crippen LogP contribution is -2.50. The van der Waals surface area contributed by atoms with Gasteiger partial charge in [-0.2, -0.15) is 0 Å². The minimum Gasteiger partial charge on any atom is -0.360 e. The molecule has 1 aromatic heterocycles. The molecule has 0 aliphatic rings. The predicted molar refractivity (Wildman–Crippen MR) is 96.4 cm³/mol. The Kier molecular flexibility index (Phi) is 5.85. The highest BCUT2D eigenvalue weighted by Crippen LogP contribution is 2.26. The molecule has 1 unspecified atom stereocenters. The summed E-state index contributed by atoms with van der Waals surface area (Å²) in [5.74, 6) is 0.207. The van der Waals surface area contributed by atoms with Gasteiger partial charge in [0.05, 0.1) is 0 Å². The number of halogens is 1. The maximum Gasteiger partial charge on any atom is 0.246 e. The predicted octanol–water partition coefficient (Wildman–Crippen LogP) is 3.53. The number of benzene rings is 1. The molecule has 0 radical (unpaired) electrons. The van der Waals surface area contributed by atoms with E-state index in [1.54, 1.807) is 25.1 Å². The van der Waals surface area contributed by atoms with E-state index in [4.69, 9.17) is 16.1 Å². The zero-order chi connectivity index (χ0) is 18.6. The summed E-state index contributed by atoms with van der Waals surface area (Å²) in [6.07, 6.45) is 0. The van der Waals surface area contributed by atoms with E-state index in [1.165, 1.54) is 4.90 Å². The van der Waals surface area contributed by atoms with Gasteiger partial charge < -0.3 is 14.7 Å². The highest BCUT2D eigenvalue weighted by Gasteiger charge is 2.33. The molecule has 6 nitrogen and oxygen atoms in total. The van der Waals surface area contributed by atoms with Gasteiger partial charge in [-0.1, -0.05) is 35.5 Å². The van der Waals surface area contributed by atoms with Crippen LogP contribution < -0.4 is 5.32 Å². The van der Waals surface area contributed by atoms with Gasteiger partial charge in [0.2, 0.25) is 11.8 Å². The van der Waals surface area contributed by atoms with E-state index < -0.39 is 10.9 Å². The van der Waals surface area contributed by atoms with Crippen LogP contribution in [0.15, 0.2) is 40.9 Å². The summed E-state index contributed by atoms with van der Waals surface area (Å²) in [7, 11) is 0. The Morgan fingerprint density at radius 3 is 2.44 bits per heavy atom. The molecule has 2 rings (SSSR count). The second-order valence-electron chi connectivity index (χ2n) is 6.74. The molecule has 134 valence electrons. The van der Waals surface area contributed by atoms with Gasteiger partial charge >= 0.3 is 0 Å². The van der Waals surface area contributed by atoms with Crippen molar-refractivity contribution in [1.29, 1.82) is 0 Å². The van der Waals surface area contributed by atoms with E-state index in [1.807, 2.05) is 39.0 Å². The molecule has 0 saturated carbocycles. The fourth-order valence-corrected chi connectivity index (χ4v) is 2.56. The van der Waals surface area contributed by atoms with Crippen LogP contribution in [0.25, 0.3) is 0 Å². The molecule has 0 saturated heterocycles. The average Bonchev–Trinajstić information content (AvgIpc) is 2.96. The van der Waals surface area contributed by atoms with E-state index in [0.29, 0.717) is 17.1 Å². The molecule has 1 atom stereocenters. The number of hydrogen-bond donors (Lipinski definition) is 1.